The Morgan fingerprint density at radius 2 is 1.44 bits per heavy atom. The summed E-state index contributed by atoms with van der Waals surface area (Å²) in [5, 5.41) is 0. The van der Waals surface area contributed by atoms with Gasteiger partial charge >= 0.3 is 0 Å². The fourth-order valence-electron chi connectivity index (χ4n) is 4.80. The Hall–Kier alpha value is -1.91. The quantitative estimate of drug-likeness (QED) is 0.204. The maximum Gasteiger partial charge on any atom is 0.157 e. The smallest absolute Gasteiger partial charge is 0.157 e. The van der Waals surface area contributed by atoms with Crippen LogP contribution in [-0.2, 0) is 15.9 Å². The van der Waals surface area contributed by atoms with Gasteiger partial charge < -0.3 is 14.2 Å². The van der Waals surface area contributed by atoms with Crippen molar-refractivity contribution in [1.82, 2.24) is 0 Å². The second kappa shape index (κ2) is 16.8. The van der Waals surface area contributed by atoms with Crippen LogP contribution in [0.1, 0.15) is 96.5 Å². The molecule has 1 fully saturated rings. The zero-order chi connectivity index (χ0) is 25.4. The number of halogens is 1. The molecule has 200 valence electrons. The zero-order valence-electron chi connectivity index (χ0n) is 22.6. The van der Waals surface area contributed by atoms with E-state index in [2.05, 4.69) is 26.0 Å². The van der Waals surface area contributed by atoms with E-state index in [1.807, 2.05) is 24.3 Å². The molecule has 0 atom stereocenters. The molecular weight excluding hydrogens is 451 g/mol. The van der Waals surface area contributed by atoms with Crippen LogP contribution in [0.3, 0.4) is 0 Å². The lowest BCUT2D eigenvalue weighted by atomic mass is 10.0. The SMILES string of the molecule is CCCCCCCCCOc1ccc(-c2ccc(CCC3OCC(CCCCC)CO3)cc2)c(F)c1. The molecule has 0 bridgehead atoms. The van der Waals surface area contributed by atoms with Gasteiger partial charge in [0.05, 0.1) is 19.8 Å². The van der Waals surface area contributed by atoms with Crippen molar-refractivity contribution >= 4 is 0 Å². The summed E-state index contributed by atoms with van der Waals surface area (Å²) in [7, 11) is 0. The van der Waals surface area contributed by atoms with Crippen molar-refractivity contribution in [1.29, 1.82) is 0 Å². The Labute approximate surface area is 218 Å². The number of rotatable bonds is 17. The van der Waals surface area contributed by atoms with E-state index in [4.69, 9.17) is 14.2 Å². The summed E-state index contributed by atoms with van der Waals surface area (Å²) in [6.07, 6.45) is 15.3. The fraction of sp³-hybridized carbons (Fsp3) is 0.625. The first-order chi connectivity index (χ1) is 17.7. The van der Waals surface area contributed by atoms with Crippen LogP contribution in [0.4, 0.5) is 4.39 Å². The Morgan fingerprint density at radius 1 is 0.778 bits per heavy atom. The molecule has 3 nitrogen and oxygen atoms in total. The van der Waals surface area contributed by atoms with Gasteiger partial charge in [-0.2, -0.15) is 0 Å². The van der Waals surface area contributed by atoms with Gasteiger partial charge in [0.2, 0.25) is 0 Å². The summed E-state index contributed by atoms with van der Waals surface area (Å²) in [6.45, 7) is 6.74. The molecule has 2 aromatic rings. The van der Waals surface area contributed by atoms with Gasteiger partial charge in [-0.25, -0.2) is 4.39 Å². The zero-order valence-corrected chi connectivity index (χ0v) is 22.6. The normalized spacial score (nSPS) is 17.9. The first-order valence-corrected chi connectivity index (χ1v) is 14.4. The van der Waals surface area contributed by atoms with E-state index < -0.39 is 0 Å². The van der Waals surface area contributed by atoms with Gasteiger partial charge in [-0.05, 0) is 42.5 Å². The van der Waals surface area contributed by atoms with Gasteiger partial charge in [0.25, 0.3) is 0 Å². The fourth-order valence-corrected chi connectivity index (χ4v) is 4.80. The molecule has 4 heteroatoms. The molecule has 0 N–H and O–H groups in total. The number of benzene rings is 2. The largest absolute Gasteiger partial charge is 0.493 e. The molecule has 0 amide bonds. The van der Waals surface area contributed by atoms with E-state index in [-0.39, 0.29) is 12.1 Å². The Morgan fingerprint density at radius 3 is 2.14 bits per heavy atom. The number of aryl methyl sites for hydroxylation is 1. The van der Waals surface area contributed by atoms with Crippen LogP contribution in [-0.4, -0.2) is 26.1 Å². The van der Waals surface area contributed by atoms with Gasteiger partial charge in [0.15, 0.2) is 6.29 Å². The molecule has 1 aliphatic rings. The maximum absolute atomic E-state index is 14.8. The molecule has 0 saturated carbocycles. The minimum absolute atomic E-state index is 0.113. The van der Waals surface area contributed by atoms with Crippen molar-refractivity contribution in [3.8, 4) is 16.9 Å². The third kappa shape index (κ3) is 10.2. The van der Waals surface area contributed by atoms with Crippen LogP contribution in [0.25, 0.3) is 11.1 Å². The van der Waals surface area contributed by atoms with Crippen LogP contribution in [0.2, 0.25) is 0 Å². The summed E-state index contributed by atoms with van der Waals surface area (Å²) in [5.41, 5.74) is 2.71. The van der Waals surface area contributed by atoms with Crippen molar-refractivity contribution in [2.24, 2.45) is 5.92 Å². The van der Waals surface area contributed by atoms with E-state index in [1.54, 1.807) is 0 Å². The predicted octanol–water partition coefficient (Wildman–Crippen LogP) is 9.12. The Balaban J connectivity index is 1.37. The average Bonchev–Trinajstić information content (AvgIpc) is 2.90. The van der Waals surface area contributed by atoms with Gasteiger partial charge in [-0.15, -0.1) is 0 Å². The summed E-state index contributed by atoms with van der Waals surface area (Å²) in [4.78, 5) is 0. The molecule has 2 aromatic carbocycles. The monoisotopic (exact) mass is 498 g/mol. The minimum atomic E-state index is -0.239. The van der Waals surface area contributed by atoms with Crippen molar-refractivity contribution < 1.29 is 18.6 Å². The summed E-state index contributed by atoms with van der Waals surface area (Å²) in [5.74, 6) is 0.912. The summed E-state index contributed by atoms with van der Waals surface area (Å²) in [6, 6.07) is 13.4. The third-order valence-corrected chi connectivity index (χ3v) is 7.14. The lowest BCUT2D eigenvalue weighted by Crippen LogP contribution is -2.32. The summed E-state index contributed by atoms with van der Waals surface area (Å²) >= 11 is 0. The molecule has 0 radical (unpaired) electrons. The van der Waals surface area contributed by atoms with Crippen molar-refractivity contribution in [2.75, 3.05) is 19.8 Å². The highest BCUT2D eigenvalue weighted by Crippen LogP contribution is 2.27. The Bertz CT molecular complexity index is 843. The van der Waals surface area contributed by atoms with Crippen LogP contribution in [0, 0.1) is 11.7 Å². The van der Waals surface area contributed by atoms with Crippen LogP contribution in [0.5, 0.6) is 5.75 Å². The highest BCUT2D eigenvalue weighted by molar-refractivity contribution is 5.65. The van der Waals surface area contributed by atoms with Crippen LogP contribution < -0.4 is 4.74 Å². The molecule has 0 spiro atoms. The average molecular weight is 499 g/mol. The second-order valence-electron chi connectivity index (χ2n) is 10.3. The molecule has 0 unspecified atom stereocenters. The van der Waals surface area contributed by atoms with E-state index in [9.17, 15) is 4.39 Å². The highest BCUT2D eigenvalue weighted by Gasteiger charge is 2.21. The van der Waals surface area contributed by atoms with Crippen molar-refractivity contribution in [3.63, 3.8) is 0 Å². The van der Waals surface area contributed by atoms with Crippen molar-refractivity contribution in [3.05, 3.63) is 53.8 Å². The third-order valence-electron chi connectivity index (χ3n) is 7.14. The molecule has 0 aromatic heterocycles. The standard InChI is InChI=1S/C32H47FO3/c1-3-5-7-8-9-10-12-22-34-29-19-20-30(31(33)23-29)28-17-14-26(15-18-28)16-21-32-35-24-27(25-36-32)13-11-6-4-2/h14-15,17-20,23,27,32H,3-13,16,21-22,24-25H2,1-2H3. The summed E-state index contributed by atoms with van der Waals surface area (Å²) < 4.78 is 32.5. The molecule has 1 saturated heterocycles. The van der Waals surface area contributed by atoms with Crippen LogP contribution >= 0.6 is 0 Å². The first kappa shape index (κ1) is 28.7. The molecule has 3 rings (SSSR count). The van der Waals surface area contributed by atoms with Crippen LogP contribution in [0.15, 0.2) is 42.5 Å². The number of hydrogen-bond acceptors (Lipinski definition) is 3. The lowest BCUT2D eigenvalue weighted by molar-refractivity contribution is -0.203. The van der Waals surface area contributed by atoms with Gasteiger partial charge in [-0.3, -0.25) is 0 Å². The van der Waals surface area contributed by atoms with E-state index >= 15 is 0 Å². The molecule has 0 aliphatic carbocycles. The predicted molar refractivity (Wildman–Crippen MR) is 147 cm³/mol. The molecule has 36 heavy (non-hydrogen) atoms. The van der Waals surface area contributed by atoms with Crippen molar-refractivity contribution in [2.45, 2.75) is 104 Å². The highest BCUT2D eigenvalue weighted by atomic mass is 19.1. The molecule has 1 heterocycles. The van der Waals surface area contributed by atoms with Gasteiger partial charge in [0.1, 0.15) is 11.6 Å². The lowest BCUT2D eigenvalue weighted by Gasteiger charge is -2.29. The van der Waals surface area contributed by atoms with E-state index in [0.29, 0.717) is 23.8 Å². The number of ether oxygens (including phenoxy) is 3. The number of hydrogen-bond donors (Lipinski definition) is 0. The topological polar surface area (TPSA) is 27.7 Å². The van der Waals surface area contributed by atoms with Gasteiger partial charge in [-0.1, -0.05) is 95.9 Å². The van der Waals surface area contributed by atoms with Gasteiger partial charge in [0, 0.05) is 24.0 Å². The molecule has 1 aliphatic heterocycles. The molecular formula is C32H47FO3. The van der Waals surface area contributed by atoms with E-state index in [0.717, 1.165) is 38.0 Å². The second-order valence-corrected chi connectivity index (χ2v) is 10.3. The first-order valence-electron chi connectivity index (χ1n) is 14.4. The Kier molecular flexibility index (Phi) is 13.3. The number of unbranched alkanes of at least 4 members (excludes halogenated alkanes) is 8. The van der Waals surface area contributed by atoms with E-state index in [1.165, 1.54) is 75.8 Å². The minimum Gasteiger partial charge on any atom is -0.493 e. The maximum atomic E-state index is 14.8.